The van der Waals surface area contributed by atoms with E-state index in [1.807, 2.05) is 24.3 Å². The Bertz CT molecular complexity index is 1480. The predicted octanol–water partition coefficient (Wildman–Crippen LogP) is 9.19. The second-order valence-corrected chi connectivity index (χ2v) is 11.6. The molecule has 0 radical (unpaired) electrons. The highest BCUT2D eigenvalue weighted by Crippen LogP contribution is 2.38. The van der Waals surface area contributed by atoms with Gasteiger partial charge in [0.05, 0.1) is 13.2 Å². The molecule has 5 rings (SSSR count). The number of carboxylic acids is 1. The van der Waals surface area contributed by atoms with Crippen LogP contribution in [-0.4, -0.2) is 31.1 Å². The highest BCUT2D eigenvalue weighted by Gasteiger charge is 2.15. The van der Waals surface area contributed by atoms with Gasteiger partial charge in [0.25, 0.3) is 0 Å². The molecule has 4 aromatic rings. The molecule has 1 N–H and O–H groups in total. The van der Waals surface area contributed by atoms with E-state index in [-0.39, 0.29) is 13.2 Å². The molecule has 0 fully saturated rings. The molecular formula is C36H40O6S. The van der Waals surface area contributed by atoms with E-state index in [4.69, 9.17) is 18.9 Å². The van der Waals surface area contributed by atoms with Gasteiger partial charge in [0, 0.05) is 6.42 Å². The first kappa shape index (κ1) is 30.5. The summed E-state index contributed by atoms with van der Waals surface area (Å²) in [6.07, 6.45) is 7.74. The summed E-state index contributed by atoms with van der Waals surface area (Å²) in [5.74, 6) is 2.47. The summed E-state index contributed by atoms with van der Waals surface area (Å²) in [4.78, 5) is 11.3. The maximum absolute atomic E-state index is 11.3. The van der Waals surface area contributed by atoms with Gasteiger partial charge < -0.3 is 24.1 Å². The molecule has 0 bridgehead atoms. The normalized spacial score (nSPS) is 11.9. The summed E-state index contributed by atoms with van der Waals surface area (Å²) in [6.45, 7) is 3.71. The Morgan fingerprint density at radius 2 is 1.63 bits per heavy atom. The number of carbonyl (C=O) groups is 1. The fraction of sp³-hybridized carbons (Fsp3) is 0.361. The van der Waals surface area contributed by atoms with Crippen molar-refractivity contribution in [2.45, 2.75) is 64.7 Å². The molecule has 3 aromatic carbocycles. The molecule has 43 heavy (non-hydrogen) atoms. The van der Waals surface area contributed by atoms with Crippen LogP contribution in [0.5, 0.6) is 23.0 Å². The molecule has 0 saturated heterocycles. The van der Waals surface area contributed by atoms with Crippen LogP contribution in [0.1, 0.15) is 63.0 Å². The fourth-order valence-corrected chi connectivity index (χ4v) is 5.97. The largest absolute Gasteiger partial charge is 0.494 e. The maximum atomic E-state index is 11.3. The first-order chi connectivity index (χ1) is 21.1. The molecule has 7 heteroatoms. The molecule has 2 heterocycles. The number of benzene rings is 3. The van der Waals surface area contributed by atoms with Crippen molar-refractivity contribution in [1.29, 1.82) is 0 Å². The summed E-state index contributed by atoms with van der Waals surface area (Å²) in [5.41, 5.74) is 6.71. The van der Waals surface area contributed by atoms with Gasteiger partial charge in [0.1, 0.15) is 11.5 Å². The zero-order chi connectivity index (χ0) is 29.9. The van der Waals surface area contributed by atoms with Gasteiger partial charge >= 0.3 is 5.97 Å². The minimum atomic E-state index is -0.779. The van der Waals surface area contributed by atoms with Gasteiger partial charge in [0.15, 0.2) is 11.5 Å². The van der Waals surface area contributed by atoms with Crippen LogP contribution in [0.4, 0.5) is 0 Å². The Labute approximate surface area is 258 Å². The number of hydrogen-bond donors (Lipinski definition) is 1. The Balaban J connectivity index is 1.15. The summed E-state index contributed by atoms with van der Waals surface area (Å²) >= 11 is 1.68. The third-order valence-corrected chi connectivity index (χ3v) is 8.33. The number of aryl methyl sites for hydroxylation is 1. The lowest BCUT2D eigenvalue weighted by Gasteiger charge is -2.15. The van der Waals surface area contributed by atoms with Crippen LogP contribution in [0.25, 0.3) is 22.3 Å². The molecule has 1 aliphatic heterocycles. The molecule has 6 nitrogen and oxygen atoms in total. The van der Waals surface area contributed by atoms with Crippen molar-refractivity contribution < 1.29 is 28.8 Å². The number of thiophene rings is 1. The second-order valence-electron chi connectivity index (χ2n) is 10.8. The number of hydrogen-bond acceptors (Lipinski definition) is 6. The molecule has 0 unspecified atom stereocenters. The summed E-state index contributed by atoms with van der Waals surface area (Å²) < 4.78 is 23.4. The van der Waals surface area contributed by atoms with Crippen LogP contribution in [0.2, 0.25) is 0 Å². The minimum absolute atomic E-state index is 0.114. The van der Waals surface area contributed by atoms with Crippen LogP contribution in [0.3, 0.4) is 0 Å². The SMILES string of the molecule is CCCCOc1cccc(CCCCCCOc2cc(-c3ccsc3)cc(-c3ccc4c(c3)OCO4)c2)c1CCC(=O)O. The third-order valence-electron chi connectivity index (χ3n) is 7.65. The molecule has 226 valence electrons. The van der Waals surface area contributed by atoms with E-state index in [0.717, 1.165) is 90.2 Å². The van der Waals surface area contributed by atoms with Gasteiger partial charge in [0.2, 0.25) is 6.79 Å². The topological polar surface area (TPSA) is 74.2 Å². The van der Waals surface area contributed by atoms with Crippen LogP contribution in [-0.2, 0) is 17.6 Å². The number of unbranched alkanes of at least 4 members (excludes halogenated alkanes) is 4. The monoisotopic (exact) mass is 600 g/mol. The van der Waals surface area contributed by atoms with Crippen molar-refractivity contribution in [3.8, 4) is 45.3 Å². The summed E-state index contributed by atoms with van der Waals surface area (Å²) in [5, 5.41) is 13.5. The number of carboxylic acid groups (broad SMARTS) is 1. The molecule has 0 aliphatic carbocycles. The van der Waals surface area contributed by atoms with Crippen molar-refractivity contribution in [1.82, 2.24) is 0 Å². The molecule has 0 atom stereocenters. The average molecular weight is 601 g/mol. The Morgan fingerprint density at radius 3 is 2.44 bits per heavy atom. The maximum Gasteiger partial charge on any atom is 0.303 e. The molecule has 0 spiro atoms. The smallest absolute Gasteiger partial charge is 0.303 e. The number of ether oxygens (including phenoxy) is 4. The fourth-order valence-electron chi connectivity index (χ4n) is 5.30. The lowest BCUT2D eigenvalue weighted by atomic mass is 9.97. The quantitative estimate of drug-likeness (QED) is 0.122. The van der Waals surface area contributed by atoms with Gasteiger partial charge in [-0.25, -0.2) is 0 Å². The van der Waals surface area contributed by atoms with Gasteiger partial charge in [-0.3, -0.25) is 4.79 Å². The standard InChI is InChI=1S/C36H40O6S/c1-2-3-17-40-33-11-8-10-26(32(33)13-15-36(37)38)9-6-4-5-7-18-39-31-21-29(20-30(22-31)28-16-19-43-24-28)27-12-14-34-35(23-27)42-25-41-34/h8,10-12,14,16,19-24H,2-7,9,13,15,17-18,25H2,1H3,(H,37,38). The van der Waals surface area contributed by atoms with Crippen molar-refractivity contribution in [3.63, 3.8) is 0 Å². The third kappa shape index (κ3) is 8.54. The first-order valence-electron chi connectivity index (χ1n) is 15.3. The van der Waals surface area contributed by atoms with Crippen LogP contribution >= 0.6 is 11.3 Å². The molecular weight excluding hydrogens is 560 g/mol. The van der Waals surface area contributed by atoms with E-state index >= 15 is 0 Å². The van der Waals surface area contributed by atoms with E-state index in [9.17, 15) is 9.90 Å². The molecule has 1 aliphatic rings. The Kier molecular flexibility index (Phi) is 11.0. The number of aliphatic carboxylic acids is 1. The van der Waals surface area contributed by atoms with E-state index in [2.05, 4.69) is 54.1 Å². The summed E-state index contributed by atoms with van der Waals surface area (Å²) in [7, 11) is 0. The first-order valence-corrected chi connectivity index (χ1v) is 16.2. The van der Waals surface area contributed by atoms with Crippen LogP contribution in [0, 0.1) is 0 Å². The summed E-state index contributed by atoms with van der Waals surface area (Å²) in [6, 6.07) is 20.7. The second kappa shape index (κ2) is 15.5. The Hall–Kier alpha value is -3.97. The Morgan fingerprint density at radius 1 is 0.814 bits per heavy atom. The molecule has 0 amide bonds. The minimum Gasteiger partial charge on any atom is -0.494 e. The van der Waals surface area contributed by atoms with E-state index in [1.54, 1.807) is 11.3 Å². The van der Waals surface area contributed by atoms with E-state index < -0.39 is 5.97 Å². The molecule has 0 saturated carbocycles. The zero-order valence-corrected chi connectivity index (χ0v) is 25.6. The van der Waals surface area contributed by atoms with Crippen molar-refractivity contribution in [2.75, 3.05) is 20.0 Å². The highest BCUT2D eigenvalue weighted by atomic mass is 32.1. The van der Waals surface area contributed by atoms with Crippen molar-refractivity contribution >= 4 is 17.3 Å². The van der Waals surface area contributed by atoms with Gasteiger partial charge in [-0.1, -0.05) is 44.4 Å². The van der Waals surface area contributed by atoms with Gasteiger partial charge in [-0.2, -0.15) is 11.3 Å². The lowest BCUT2D eigenvalue weighted by Crippen LogP contribution is -2.06. The number of rotatable bonds is 17. The zero-order valence-electron chi connectivity index (χ0n) is 24.8. The van der Waals surface area contributed by atoms with E-state index in [1.165, 1.54) is 11.1 Å². The number of fused-ring (bicyclic) bond motifs is 1. The van der Waals surface area contributed by atoms with Crippen molar-refractivity contribution in [2.24, 2.45) is 0 Å². The van der Waals surface area contributed by atoms with Gasteiger partial charge in [-0.15, -0.1) is 0 Å². The van der Waals surface area contributed by atoms with Crippen molar-refractivity contribution in [3.05, 3.63) is 82.6 Å². The average Bonchev–Trinajstić information content (AvgIpc) is 3.72. The highest BCUT2D eigenvalue weighted by molar-refractivity contribution is 7.08. The van der Waals surface area contributed by atoms with Gasteiger partial charge in [-0.05, 0) is 119 Å². The lowest BCUT2D eigenvalue weighted by molar-refractivity contribution is -0.136. The molecule has 1 aromatic heterocycles. The van der Waals surface area contributed by atoms with Crippen LogP contribution in [0.15, 0.2) is 71.4 Å². The van der Waals surface area contributed by atoms with Crippen LogP contribution < -0.4 is 18.9 Å². The predicted molar refractivity (Wildman–Crippen MR) is 172 cm³/mol. The van der Waals surface area contributed by atoms with E-state index in [0.29, 0.717) is 19.6 Å².